The Hall–Kier alpha value is -1.06. The van der Waals surface area contributed by atoms with Gasteiger partial charge in [0.1, 0.15) is 6.04 Å². The van der Waals surface area contributed by atoms with Gasteiger partial charge in [-0.05, 0) is 26.2 Å². The van der Waals surface area contributed by atoms with Crippen molar-refractivity contribution < 1.29 is 14.3 Å². The van der Waals surface area contributed by atoms with Crippen LogP contribution < -0.4 is 5.32 Å². The van der Waals surface area contributed by atoms with Gasteiger partial charge in [-0.3, -0.25) is 4.79 Å². The van der Waals surface area contributed by atoms with E-state index in [0.717, 1.165) is 32.1 Å². The first-order valence-electron chi connectivity index (χ1n) is 6.62. The normalized spacial score (nSPS) is 18.5. The summed E-state index contributed by atoms with van der Waals surface area (Å²) < 4.78 is 4.99. The summed E-state index contributed by atoms with van der Waals surface area (Å²) in [7, 11) is 0. The van der Waals surface area contributed by atoms with Crippen LogP contribution in [0.2, 0.25) is 0 Å². The van der Waals surface area contributed by atoms with Crippen LogP contribution in [0.3, 0.4) is 0 Å². The molecule has 4 nitrogen and oxygen atoms in total. The zero-order chi connectivity index (χ0) is 12.7. The number of esters is 1. The Bertz CT molecular complexity index is 259. The third kappa shape index (κ3) is 4.75. The summed E-state index contributed by atoms with van der Waals surface area (Å²) in [4.78, 5) is 23.4. The fraction of sp³-hybridized carbons (Fsp3) is 0.846. The van der Waals surface area contributed by atoms with E-state index in [0.29, 0.717) is 6.61 Å². The highest BCUT2D eigenvalue weighted by Gasteiger charge is 2.24. The van der Waals surface area contributed by atoms with Crippen LogP contribution in [0.25, 0.3) is 0 Å². The van der Waals surface area contributed by atoms with E-state index in [-0.39, 0.29) is 17.8 Å². The van der Waals surface area contributed by atoms with E-state index in [1.54, 1.807) is 6.92 Å². The Labute approximate surface area is 103 Å². The minimum absolute atomic E-state index is 0.00523. The van der Waals surface area contributed by atoms with Gasteiger partial charge in [0.15, 0.2) is 0 Å². The van der Waals surface area contributed by atoms with E-state index in [1.165, 1.54) is 6.42 Å². The van der Waals surface area contributed by atoms with Crippen molar-refractivity contribution in [2.24, 2.45) is 5.92 Å². The topological polar surface area (TPSA) is 55.4 Å². The van der Waals surface area contributed by atoms with E-state index < -0.39 is 6.04 Å². The van der Waals surface area contributed by atoms with Crippen LogP contribution in [0.1, 0.15) is 52.4 Å². The zero-order valence-corrected chi connectivity index (χ0v) is 10.8. The molecule has 1 aliphatic rings. The van der Waals surface area contributed by atoms with Crippen molar-refractivity contribution in [1.29, 1.82) is 0 Å². The molecular weight excluding hydrogens is 218 g/mol. The van der Waals surface area contributed by atoms with Crippen LogP contribution in [0, 0.1) is 5.92 Å². The number of carbonyl (C=O) groups excluding carboxylic acids is 2. The zero-order valence-electron chi connectivity index (χ0n) is 10.8. The Kier molecular flexibility index (Phi) is 6.01. The maximum atomic E-state index is 11.9. The molecule has 0 radical (unpaired) electrons. The van der Waals surface area contributed by atoms with Gasteiger partial charge in [0.2, 0.25) is 5.91 Å². The molecule has 1 N–H and O–H groups in total. The maximum Gasteiger partial charge on any atom is 0.328 e. The lowest BCUT2D eigenvalue weighted by molar-refractivity contribution is -0.147. The molecule has 1 atom stereocenters. The number of ether oxygens (including phenoxy) is 1. The van der Waals surface area contributed by atoms with Crippen molar-refractivity contribution in [3.63, 3.8) is 0 Å². The highest BCUT2D eigenvalue weighted by atomic mass is 16.5. The molecule has 4 heteroatoms. The molecule has 0 aromatic carbocycles. The predicted molar refractivity (Wildman–Crippen MR) is 65.4 cm³/mol. The molecule has 1 amide bonds. The largest absolute Gasteiger partial charge is 0.464 e. The highest BCUT2D eigenvalue weighted by molar-refractivity contribution is 5.85. The first-order chi connectivity index (χ1) is 8.15. The van der Waals surface area contributed by atoms with Gasteiger partial charge in [-0.15, -0.1) is 0 Å². The van der Waals surface area contributed by atoms with E-state index in [2.05, 4.69) is 5.32 Å². The first-order valence-corrected chi connectivity index (χ1v) is 6.62. The average Bonchev–Trinajstić information content (AvgIpc) is 2.36. The van der Waals surface area contributed by atoms with Crippen molar-refractivity contribution in [1.82, 2.24) is 5.32 Å². The fourth-order valence-corrected chi connectivity index (χ4v) is 2.08. The molecule has 1 aliphatic carbocycles. The number of rotatable bonds is 5. The third-order valence-corrected chi connectivity index (χ3v) is 3.14. The summed E-state index contributed by atoms with van der Waals surface area (Å²) >= 11 is 0. The lowest BCUT2D eigenvalue weighted by atomic mass is 9.88. The lowest BCUT2D eigenvalue weighted by Gasteiger charge is -2.22. The lowest BCUT2D eigenvalue weighted by Crippen LogP contribution is -2.43. The summed E-state index contributed by atoms with van der Waals surface area (Å²) in [6.45, 7) is 4.04. The van der Waals surface area contributed by atoms with Gasteiger partial charge in [0, 0.05) is 5.92 Å². The summed E-state index contributed by atoms with van der Waals surface area (Å²) in [5.74, 6) is -0.244. The molecule has 0 spiro atoms. The molecular formula is C13H23NO3. The van der Waals surface area contributed by atoms with Crippen LogP contribution in [-0.2, 0) is 14.3 Å². The Morgan fingerprint density at radius 3 is 2.53 bits per heavy atom. The van der Waals surface area contributed by atoms with Crippen LogP contribution >= 0.6 is 0 Å². The fourth-order valence-electron chi connectivity index (χ4n) is 2.08. The molecule has 1 rings (SSSR count). The van der Waals surface area contributed by atoms with Crippen molar-refractivity contribution in [2.45, 2.75) is 58.4 Å². The van der Waals surface area contributed by atoms with Gasteiger partial charge in [-0.25, -0.2) is 4.79 Å². The Morgan fingerprint density at radius 1 is 1.29 bits per heavy atom. The molecule has 1 unspecified atom stereocenters. The summed E-state index contributed by atoms with van der Waals surface area (Å²) in [5, 5.41) is 2.74. The van der Waals surface area contributed by atoms with Gasteiger partial charge < -0.3 is 10.1 Å². The third-order valence-electron chi connectivity index (χ3n) is 3.14. The van der Waals surface area contributed by atoms with E-state index in [4.69, 9.17) is 4.74 Å². The van der Waals surface area contributed by atoms with Gasteiger partial charge >= 0.3 is 5.97 Å². The van der Waals surface area contributed by atoms with Crippen molar-refractivity contribution in [3.05, 3.63) is 0 Å². The molecule has 98 valence electrons. The standard InChI is InChI=1S/C13H23NO3/c1-3-9-17-13(16)10(2)14-12(15)11-7-5-4-6-8-11/h10-11H,3-9H2,1-2H3,(H,14,15). The van der Waals surface area contributed by atoms with Crippen LogP contribution in [0.4, 0.5) is 0 Å². The minimum Gasteiger partial charge on any atom is -0.464 e. The van der Waals surface area contributed by atoms with Gasteiger partial charge in [0.05, 0.1) is 6.61 Å². The predicted octanol–water partition coefficient (Wildman–Crippen LogP) is 2.02. The van der Waals surface area contributed by atoms with Crippen LogP contribution in [-0.4, -0.2) is 24.5 Å². The Morgan fingerprint density at radius 2 is 1.94 bits per heavy atom. The highest BCUT2D eigenvalue weighted by Crippen LogP contribution is 2.23. The van der Waals surface area contributed by atoms with Crippen molar-refractivity contribution in [3.8, 4) is 0 Å². The molecule has 0 aliphatic heterocycles. The second-order valence-corrected chi connectivity index (χ2v) is 4.73. The molecule has 17 heavy (non-hydrogen) atoms. The summed E-state index contributed by atoms with van der Waals surface area (Å²) in [6.07, 6.45) is 6.15. The molecule has 0 heterocycles. The summed E-state index contributed by atoms with van der Waals surface area (Å²) in [5.41, 5.74) is 0. The maximum absolute atomic E-state index is 11.9. The van der Waals surface area contributed by atoms with E-state index >= 15 is 0 Å². The molecule has 1 saturated carbocycles. The molecule has 0 saturated heterocycles. The van der Waals surface area contributed by atoms with E-state index in [1.807, 2.05) is 6.92 Å². The van der Waals surface area contributed by atoms with Gasteiger partial charge in [-0.1, -0.05) is 26.2 Å². The van der Waals surface area contributed by atoms with Crippen LogP contribution in [0.5, 0.6) is 0 Å². The molecule has 0 aromatic rings. The minimum atomic E-state index is -0.532. The van der Waals surface area contributed by atoms with Gasteiger partial charge in [-0.2, -0.15) is 0 Å². The second-order valence-electron chi connectivity index (χ2n) is 4.73. The molecule has 1 fully saturated rings. The quantitative estimate of drug-likeness (QED) is 0.749. The molecule has 0 aromatic heterocycles. The Balaban J connectivity index is 2.31. The van der Waals surface area contributed by atoms with Crippen molar-refractivity contribution in [2.75, 3.05) is 6.61 Å². The number of hydrogen-bond acceptors (Lipinski definition) is 3. The van der Waals surface area contributed by atoms with Gasteiger partial charge in [0.25, 0.3) is 0 Å². The number of carbonyl (C=O) groups is 2. The number of hydrogen-bond donors (Lipinski definition) is 1. The molecule has 0 bridgehead atoms. The number of nitrogens with one attached hydrogen (secondary N) is 1. The summed E-state index contributed by atoms with van der Waals surface area (Å²) in [6, 6.07) is -0.532. The average molecular weight is 241 g/mol. The first kappa shape index (κ1) is 14.0. The number of amides is 1. The second kappa shape index (κ2) is 7.30. The SMILES string of the molecule is CCCOC(=O)C(C)NC(=O)C1CCCCC1. The smallest absolute Gasteiger partial charge is 0.328 e. The van der Waals surface area contributed by atoms with E-state index in [9.17, 15) is 9.59 Å². The van der Waals surface area contributed by atoms with Crippen LogP contribution in [0.15, 0.2) is 0 Å². The van der Waals surface area contributed by atoms with Crippen molar-refractivity contribution >= 4 is 11.9 Å². The monoisotopic (exact) mass is 241 g/mol.